The smallest absolute Gasteiger partial charge is 0.266 e. The van der Waals surface area contributed by atoms with Crippen LogP contribution in [-0.4, -0.2) is 27.6 Å². The first-order valence-electron chi connectivity index (χ1n) is 8.40. The molecule has 0 spiro atoms. The first-order chi connectivity index (χ1) is 13.3. The SMILES string of the molecule is Cc1ccc(/C=C2\SC(=S)N(CCC(=O)Nc3ccc(Cl)cc3Cl)C2=O)cc1. The van der Waals surface area contributed by atoms with Gasteiger partial charge >= 0.3 is 0 Å². The van der Waals surface area contributed by atoms with Gasteiger partial charge in [0.15, 0.2) is 0 Å². The molecule has 1 heterocycles. The van der Waals surface area contributed by atoms with E-state index in [9.17, 15) is 9.59 Å². The summed E-state index contributed by atoms with van der Waals surface area (Å²) in [6.45, 7) is 2.21. The fourth-order valence-corrected chi connectivity index (χ4v) is 4.29. The lowest BCUT2D eigenvalue weighted by atomic mass is 10.1. The van der Waals surface area contributed by atoms with Crippen LogP contribution in [0.15, 0.2) is 47.4 Å². The quantitative estimate of drug-likeness (QED) is 0.480. The van der Waals surface area contributed by atoms with Crippen LogP contribution in [0.5, 0.6) is 0 Å². The summed E-state index contributed by atoms with van der Waals surface area (Å²) < 4.78 is 0.445. The standard InChI is InChI=1S/C20H16Cl2N2O2S2/c1-12-2-4-13(5-3-12)10-17-19(26)24(20(27)28-17)9-8-18(25)23-16-7-6-14(21)11-15(16)22/h2-7,10-11H,8-9H2,1H3,(H,23,25)/b17-10-. The van der Waals surface area contributed by atoms with Crippen LogP contribution in [0, 0.1) is 6.92 Å². The maximum Gasteiger partial charge on any atom is 0.266 e. The van der Waals surface area contributed by atoms with Gasteiger partial charge in [-0.2, -0.15) is 0 Å². The average Bonchev–Trinajstić information content (AvgIpc) is 2.91. The van der Waals surface area contributed by atoms with Crippen molar-refractivity contribution in [1.82, 2.24) is 4.90 Å². The largest absolute Gasteiger partial charge is 0.325 e. The minimum absolute atomic E-state index is 0.100. The molecule has 0 aliphatic carbocycles. The van der Waals surface area contributed by atoms with E-state index in [4.69, 9.17) is 35.4 Å². The zero-order chi connectivity index (χ0) is 20.3. The summed E-state index contributed by atoms with van der Waals surface area (Å²) in [5.74, 6) is -0.450. The van der Waals surface area contributed by atoms with Crippen LogP contribution in [0.1, 0.15) is 17.5 Å². The summed E-state index contributed by atoms with van der Waals surface area (Å²) in [6.07, 6.45) is 1.91. The molecule has 2 aromatic carbocycles. The fraction of sp³-hybridized carbons (Fsp3) is 0.150. The number of rotatable bonds is 5. The van der Waals surface area contributed by atoms with Crippen LogP contribution in [0.2, 0.25) is 10.0 Å². The highest BCUT2D eigenvalue weighted by Crippen LogP contribution is 2.32. The van der Waals surface area contributed by atoms with Crippen molar-refractivity contribution in [2.24, 2.45) is 0 Å². The fourth-order valence-electron chi connectivity index (χ4n) is 2.52. The van der Waals surface area contributed by atoms with Crippen LogP contribution in [0.3, 0.4) is 0 Å². The summed E-state index contributed by atoms with van der Waals surface area (Å²) in [6, 6.07) is 12.7. The zero-order valence-corrected chi connectivity index (χ0v) is 18.0. The molecule has 28 heavy (non-hydrogen) atoms. The molecule has 1 saturated heterocycles. The number of anilines is 1. The second kappa shape index (κ2) is 9.09. The monoisotopic (exact) mass is 450 g/mol. The number of hydrogen-bond acceptors (Lipinski definition) is 4. The summed E-state index contributed by atoms with van der Waals surface area (Å²) in [7, 11) is 0. The van der Waals surface area contributed by atoms with E-state index in [0.29, 0.717) is 25.0 Å². The van der Waals surface area contributed by atoms with Crippen molar-refractivity contribution in [3.63, 3.8) is 0 Å². The van der Waals surface area contributed by atoms with Crippen LogP contribution < -0.4 is 5.32 Å². The molecule has 1 aliphatic rings. The van der Waals surface area contributed by atoms with Gasteiger partial charge < -0.3 is 5.32 Å². The predicted molar refractivity (Wildman–Crippen MR) is 121 cm³/mol. The Hall–Kier alpha value is -1.86. The van der Waals surface area contributed by atoms with E-state index in [2.05, 4.69) is 5.32 Å². The van der Waals surface area contributed by atoms with Gasteiger partial charge in [-0.15, -0.1) is 0 Å². The Morgan fingerprint density at radius 2 is 1.93 bits per heavy atom. The summed E-state index contributed by atoms with van der Waals surface area (Å²) in [5.41, 5.74) is 2.55. The molecule has 144 valence electrons. The Morgan fingerprint density at radius 1 is 1.21 bits per heavy atom. The number of nitrogens with zero attached hydrogens (tertiary/aromatic N) is 1. The molecular weight excluding hydrogens is 435 g/mol. The van der Waals surface area contributed by atoms with Gasteiger partial charge in [0.25, 0.3) is 5.91 Å². The highest BCUT2D eigenvalue weighted by molar-refractivity contribution is 8.26. The molecule has 3 rings (SSSR count). The minimum atomic E-state index is -0.263. The molecule has 8 heteroatoms. The average molecular weight is 451 g/mol. The minimum Gasteiger partial charge on any atom is -0.325 e. The lowest BCUT2D eigenvalue weighted by Gasteiger charge is -2.14. The Bertz CT molecular complexity index is 975. The molecule has 0 unspecified atom stereocenters. The molecular formula is C20H16Cl2N2O2S2. The Kier molecular flexibility index (Phi) is 6.78. The van der Waals surface area contributed by atoms with E-state index < -0.39 is 0 Å². The third-order valence-electron chi connectivity index (χ3n) is 4.02. The van der Waals surface area contributed by atoms with Gasteiger partial charge in [-0.25, -0.2) is 0 Å². The first kappa shape index (κ1) is 20.9. The molecule has 2 aromatic rings. The second-order valence-electron chi connectivity index (χ2n) is 6.17. The second-order valence-corrected chi connectivity index (χ2v) is 8.69. The topological polar surface area (TPSA) is 49.4 Å². The molecule has 4 nitrogen and oxygen atoms in total. The van der Waals surface area contributed by atoms with E-state index in [1.807, 2.05) is 37.3 Å². The van der Waals surface area contributed by atoms with Gasteiger partial charge in [0.1, 0.15) is 4.32 Å². The highest BCUT2D eigenvalue weighted by atomic mass is 35.5. The van der Waals surface area contributed by atoms with Crippen molar-refractivity contribution in [3.05, 3.63) is 68.5 Å². The predicted octanol–water partition coefficient (Wildman–Crippen LogP) is 5.53. The molecule has 2 amide bonds. The summed E-state index contributed by atoms with van der Waals surface area (Å²) in [5, 5.41) is 3.56. The third-order valence-corrected chi connectivity index (χ3v) is 5.94. The van der Waals surface area contributed by atoms with Crippen LogP contribution in [0.25, 0.3) is 6.08 Å². The van der Waals surface area contributed by atoms with E-state index in [0.717, 1.165) is 11.1 Å². The molecule has 0 saturated carbocycles. The number of carbonyl (C=O) groups excluding carboxylic acids is 2. The lowest BCUT2D eigenvalue weighted by Crippen LogP contribution is -2.31. The Balaban J connectivity index is 1.61. The molecule has 1 fully saturated rings. The Morgan fingerprint density at radius 3 is 2.61 bits per heavy atom. The van der Waals surface area contributed by atoms with Crippen LogP contribution in [-0.2, 0) is 9.59 Å². The lowest BCUT2D eigenvalue weighted by molar-refractivity contribution is -0.122. The van der Waals surface area contributed by atoms with Crippen LogP contribution >= 0.6 is 47.2 Å². The van der Waals surface area contributed by atoms with E-state index in [-0.39, 0.29) is 24.8 Å². The summed E-state index contributed by atoms with van der Waals surface area (Å²) in [4.78, 5) is 26.8. The number of halogens is 2. The van der Waals surface area contributed by atoms with Crippen molar-refractivity contribution in [2.75, 3.05) is 11.9 Å². The first-order valence-corrected chi connectivity index (χ1v) is 10.4. The van der Waals surface area contributed by atoms with Crippen molar-refractivity contribution in [2.45, 2.75) is 13.3 Å². The highest BCUT2D eigenvalue weighted by Gasteiger charge is 2.32. The van der Waals surface area contributed by atoms with E-state index in [1.165, 1.54) is 16.7 Å². The van der Waals surface area contributed by atoms with Gasteiger partial charge in [0.2, 0.25) is 5.91 Å². The van der Waals surface area contributed by atoms with Gasteiger partial charge in [-0.3, -0.25) is 14.5 Å². The molecule has 0 bridgehead atoms. The number of benzene rings is 2. The van der Waals surface area contributed by atoms with Crippen molar-refractivity contribution < 1.29 is 9.59 Å². The van der Waals surface area contributed by atoms with Crippen LogP contribution in [0.4, 0.5) is 5.69 Å². The van der Waals surface area contributed by atoms with E-state index in [1.54, 1.807) is 18.2 Å². The molecule has 0 atom stereocenters. The van der Waals surface area contributed by atoms with Gasteiger partial charge in [0.05, 0.1) is 15.6 Å². The number of aryl methyl sites for hydroxylation is 1. The number of hydrogen-bond donors (Lipinski definition) is 1. The van der Waals surface area contributed by atoms with E-state index >= 15 is 0 Å². The molecule has 1 N–H and O–H groups in total. The zero-order valence-electron chi connectivity index (χ0n) is 14.9. The maximum absolute atomic E-state index is 12.6. The number of thiocarbonyl (C=S) groups is 1. The van der Waals surface area contributed by atoms with Gasteiger partial charge in [0, 0.05) is 18.0 Å². The Labute approximate surface area is 182 Å². The number of nitrogens with one attached hydrogen (secondary N) is 1. The maximum atomic E-state index is 12.6. The van der Waals surface area contributed by atoms with Gasteiger partial charge in [-0.1, -0.05) is 77.0 Å². The van der Waals surface area contributed by atoms with Crippen molar-refractivity contribution in [3.8, 4) is 0 Å². The van der Waals surface area contributed by atoms with Gasteiger partial charge in [-0.05, 0) is 36.8 Å². The molecule has 1 aliphatic heterocycles. The van der Waals surface area contributed by atoms with Crippen molar-refractivity contribution >= 4 is 75.1 Å². The number of amides is 2. The summed E-state index contributed by atoms with van der Waals surface area (Å²) >= 11 is 18.5. The normalized spacial score (nSPS) is 15.4. The third kappa shape index (κ3) is 5.14. The number of carbonyl (C=O) groups is 2. The molecule has 0 aromatic heterocycles. The van der Waals surface area contributed by atoms with Crippen molar-refractivity contribution in [1.29, 1.82) is 0 Å². The molecule has 0 radical (unpaired) electrons. The number of thioether (sulfide) groups is 1.